The van der Waals surface area contributed by atoms with Gasteiger partial charge in [-0.3, -0.25) is 0 Å². The van der Waals surface area contributed by atoms with Crippen molar-refractivity contribution >= 4 is 0 Å². The van der Waals surface area contributed by atoms with Crippen LogP contribution in [0, 0.1) is 5.92 Å². The summed E-state index contributed by atoms with van der Waals surface area (Å²) in [5.41, 5.74) is 0. The van der Waals surface area contributed by atoms with E-state index in [1.165, 1.54) is 0 Å². The van der Waals surface area contributed by atoms with Gasteiger partial charge in [0.15, 0.2) is 0 Å². The van der Waals surface area contributed by atoms with Crippen molar-refractivity contribution in [2.24, 2.45) is 5.92 Å². The molecule has 1 fully saturated rings. The third-order valence-corrected chi connectivity index (χ3v) is 2.68. The minimum Gasteiger partial charge on any atom is -0.306 e. The van der Waals surface area contributed by atoms with Gasteiger partial charge in [-0.05, 0) is 18.8 Å². The van der Waals surface area contributed by atoms with Gasteiger partial charge in [0.2, 0.25) is 0 Å². The maximum Gasteiger partial charge on any atom is 0.401 e. The van der Waals surface area contributed by atoms with Gasteiger partial charge in [-0.1, -0.05) is 19.8 Å². The highest BCUT2D eigenvalue weighted by atomic mass is 19.4. The average molecular weight is 195 g/mol. The van der Waals surface area contributed by atoms with E-state index < -0.39 is 12.7 Å². The van der Waals surface area contributed by atoms with Crippen LogP contribution in [0.5, 0.6) is 0 Å². The summed E-state index contributed by atoms with van der Waals surface area (Å²) >= 11 is 0. The zero-order valence-corrected chi connectivity index (χ0v) is 7.82. The Morgan fingerprint density at radius 2 is 1.85 bits per heavy atom. The molecule has 1 nitrogen and oxygen atoms in total. The van der Waals surface area contributed by atoms with Crippen LogP contribution in [-0.4, -0.2) is 18.8 Å². The van der Waals surface area contributed by atoms with Crippen LogP contribution in [-0.2, 0) is 0 Å². The summed E-state index contributed by atoms with van der Waals surface area (Å²) < 4.78 is 35.6. The largest absolute Gasteiger partial charge is 0.401 e. The molecule has 1 saturated carbocycles. The van der Waals surface area contributed by atoms with Gasteiger partial charge < -0.3 is 5.32 Å². The van der Waals surface area contributed by atoms with Crippen molar-refractivity contribution in [1.29, 1.82) is 0 Å². The Morgan fingerprint density at radius 3 is 2.38 bits per heavy atom. The van der Waals surface area contributed by atoms with E-state index in [0.717, 1.165) is 25.7 Å². The Kier molecular flexibility index (Phi) is 3.59. The number of hydrogen-bond acceptors (Lipinski definition) is 1. The molecule has 78 valence electrons. The predicted molar refractivity (Wildman–Crippen MR) is 45.5 cm³/mol. The first-order chi connectivity index (χ1) is 5.99. The second-order valence-corrected chi connectivity index (χ2v) is 3.86. The molecular formula is C9H16F3N. The Labute approximate surface area is 76.7 Å². The lowest BCUT2D eigenvalue weighted by molar-refractivity contribution is -0.127. The van der Waals surface area contributed by atoms with Crippen LogP contribution < -0.4 is 5.32 Å². The first kappa shape index (κ1) is 10.8. The van der Waals surface area contributed by atoms with E-state index >= 15 is 0 Å². The van der Waals surface area contributed by atoms with Gasteiger partial charge in [0, 0.05) is 6.04 Å². The monoisotopic (exact) mass is 195 g/mol. The molecule has 1 aliphatic carbocycles. The van der Waals surface area contributed by atoms with Crippen LogP contribution in [0.4, 0.5) is 13.2 Å². The second kappa shape index (κ2) is 4.31. The van der Waals surface area contributed by atoms with E-state index in [4.69, 9.17) is 0 Å². The van der Waals surface area contributed by atoms with Gasteiger partial charge in [-0.15, -0.1) is 0 Å². The van der Waals surface area contributed by atoms with E-state index in [1.807, 2.05) is 6.92 Å². The first-order valence-electron chi connectivity index (χ1n) is 4.79. The molecule has 0 saturated heterocycles. The number of rotatable bonds is 2. The van der Waals surface area contributed by atoms with Crippen molar-refractivity contribution in [3.8, 4) is 0 Å². The van der Waals surface area contributed by atoms with Crippen molar-refractivity contribution in [2.45, 2.75) is 44.8 Å². The maximum absolute atomic E-state index is 11.9. The summed E-state index contributed by atoms with van der Waals surface area (Å²) in [6, 6.07) is 0.0652. The summed E-state index contributed by atoms with van der Waals surface area (Å²) in [5, 5.41) is 2.59. The van der Waals surface area contributed by atoms with E-state index in [2.05, 4.69) is 5.32 Å². The normalized spacial score (nSPS) is 30.5. The number of alkyl halides is 3. The molecule has 2 atom stereocenters. The van der Waals surface area contributed by atoms with Crippen molar-refractivity contribution in [2.75, 3.05) is 6.54 Å². The highest BCUT2D eigenvalue weighted by Crippen LogP contribution is 2.24. The summed E-state index contributed by atoms with van der Waals surface area (Å²) in [4.78, 5) is 0. The minimum absolute atomic E-state index is 0.0652. The lowest BCUT2D eigenvalue weighted by Crippen LogP contribution is -2.42. The van der Waals surface area contributed by atoms with Gasteiger partial charge in [0.25, 0.3) is 0 Å². The smallest absolute Gasteiger partial charge is 0.306 e. The van der Waals surface area contributed by atoms with Crippen LogP contribution >= 0.6 is 0 Å². The Balaban J connectivity index is 2.27. The molecule has 0 aromatic heterocycles. The molecular weight excluding hydrogens is 179 g/mol. The molecule has 0 heterocycles. The summed E-state index contributed by atoms with van der Waals surface area (Å²) in [5.74, 6) is 0.385. The number of halogens is 3. The Hall–Kier alpha value is -0.250. The molecule has 0 spiro atoms. The number of nitrogens with one attached hydrogen (secondary N) is 1. The van der Waals surface area contributed by atoms with Crippen molar-refractivity contribution < 1.29 is 13.2 Å². The van der Waals surface area contributed by atoms with Gasteiger partial charge in [-0.25, -0.2) is 0 Å². The zero-order chi connectivity index (χ0) is 9.90. The maximum atomic E-state index is 11.9. The van der Waals surface area contributed by atoms with Crippen molar-refractivity contribution in [3.05, 3.63) is 0 Å². The molecule has 0 radical (unpaired) electrons. The summed E-state index contributed by atoms with van der Waals surface area (Å²) in [7, 11) is 0. The van der Waals surface area contributed by atoms with Gasteiger partial charge in [-0.2, -0.15) is 13.2 Å². The summed E-state index contributed by atoms with van der Waals surface area (Å²) in [6.07, 6.45) is 0.0785. The molecule has 13 heavy (non-hydrogen) atoms. The van der Waals surface area contributed by atoms with E-state index in [9.17, 15) is 13.2 Å². The van der Waals surface area contributed by atoms with Crippen molar-refractivity contribution in [3.63, 3.8) is 0 Å². The molecule has 0 unspecified atom stereocenters. The summed E-state index contributed by atoms with van der Waals surface area (Å²) in [6.45, 7) is 1.18. The molecule has 1 N–H and O–H groups in total. The highest BCUT2D eigenvalue weighted by Gasteiger charge is 2.30. The van der Waals surface area contributed by atoms with Gasteiger partial charge in [0.1, 0.15) is 0 Å². The fourth-order valence-electron chi connectivity index (χ4n) is 1.87. The van der Waals surface area contributed by atoms with Gasteiger partial charge in [0.05, 0.1) is 6.54 Å². The van der Waals surface area contributed by atoms with Crippen LogP contribution in [0.3, 0.4) is 0 Å². The molecule has 0 amide bonds. The molecule has 0 aromatic rings. The highest BCUT2D eigenvalue weighted by molar-refractivity contribution is 4.78. The zero-order valence-electron chi connectivity index (χ0n) is 7.82. The van der Waals surface area contributed by atoms with E-state index in [0.29, 0.717) is 5.92 Å². The predicted octanol–water partition coefficient (Wildman–Crippen LogP) is 2.72. The third kappa shape index (κ3) is 3.98. The number of hydrogen-bond donors (Lipinski definition) is 1. The van der Waals surface area contributed by atoms with Gasteiger partial charge >= 0.3 is 6.18 Å². The SMILES string of the molecule is C[C@@H]1CCCC[C@H]1NCC(F)(F)F. The fraction of sp³-hybridized carbons (Fsp3) is 1.00. The minimum atomic E-state index is -4.07. The fourth-order valence-corrected chi connectivity index (χ4v) is 1.87. The second-order valence-electron chi connectivity index (χ2n) is 3.86. The third-order valence-electron chi connectivity index (χ3n) is 2.68. The molecule has 1 rings (SSSR count). The topological polar surface area (TPSA) is 12.0 Å². The van der Waals surface area contributed by atoms with Crippen LogP contribution in [0.2, 0.25) is 0 Å². The lowest BCUT2D eigenvalue weighted by Gasteiger charge is -2.29. The molecule has 0 bridgehead atoms. The van der Waals surface area contributed by atoms with Crippen LogP contribution in [0.15, 0.2) is 0 Å². The van der Waals surface area contributed by atoms with Crippen molar-refractivity contribution in [1.82, 2.24) is 5.32 Å². The molecule has 0 aromatic carbocycles. The Bertz CT molecular complexity index is 155. The first-order valence-corrected chi connectivity index (χ1v) is 4.79. The van der Waals surface area contributed by atoms with E-state index in [-0.39, 0.29) is 6.04 Å². The Morgan fingerprint density at radius 1 is 1.23 bits per heavy atom. The quantitative estimate of drug-likeness (QED) is 0.714. The van der Waals surface area contributed by atoms with Crippen LogP contribution in [0.25, 0.3) is 0 Å². The molecule has 1 aliphatic rings. The molecule has 4 heteroatoms. The average Bonchev–Trinajstić information content (AvgIpc) is 2.01. The molecule has 0 aliphatic heterocycles. The standard InChI is InChI=1S/C9H16F3N/c1-7-4-2-3-5-8(7)13-6-9(10,11)12/h7-8,13H,2-6H2,1H3/t7-,8-/m1/s1. The lowest BCUT2D eigenvalue weighted by atomic mass is 9.86. The van der Waals surface area contributed by atoms with E-state index in [1.54, 1.807) is 0 Å². The van der Waals surface area contributed by atoms with Crippen LogP contribution in [0.1, 0.15) is 32.6 Å².